The molecule has 2 unspecified atom stereocenters. The van der Waals surface area contributed by atoms with Gasteiger partial charge < -0.3 is 20.7 Å². The van der Waals surface area contributed by atoms with Crippen molar-refractivity contribution in [3.05, 3.63) is 35.4 Å². The molecule has 27 heavy (non-hydrogen) atoms. The third kappa shape index (κ3) is 8.79. The number of ether oxygens (including phenoxy) is 1. The molecule has 6 heteroatoms. The Morgan fingerprint density at radius 2 is 1.85 bits per heavy atom. The predicted molar refractivity (Wildman–Crippen MR) is 125 cm³/mol. The first-order valence-corrected chi connectivity index (χ1v) is 9.77. The van der Waals surface area contributed by atoms with E-state index in [-0.39, 0.29) is 35.6 Å². The van der Waals surface area contributed by atoms with Gasteiger partial charge in [0.15, 0.2) is 5.96 Å². The third-order valence-electron chi connectivity index (χ3n) is 4.68. The van der Waals surface area contributed by atoms with Gasteiger partial charge in [-0.1, -0.05) is 29.8 Å². The number of aryl methyl sites for hydroxylation is 1. The van der Waals surface area contributed by atoms with Crippen LogP contribution in [0.3, 0.4) is 0 Å². The number of benzene rings is 1. The molecule has 0 saturated carbocycles. The van der Waals surface area contributed by atoms with Crippen LogP contribution in [0.5, 0.6) is 0 Å². The van der Waals surface area contributed by atoms with Crippen LogP contribution in [0.2, 0.25) is 0 Å². The van der Waals surface area contributed by atoms with Crippen molar-refractivity contribution in [1.29, 1.82) is 0 Å². The summed E-state index contributed by atoms with van der Waals surface area (Å²) < 4.78 is 6.11. The van der Waals surface area contributed by atoms with Gasteiger partial charge in [-0.25, -0.2) is 0 Å². The lowest BCUT2D eigenvalue weighted by atomic mass is 9.89. The van der Waals surface area contributed by atoms with E-state index in [4.69, 9.17) is 4.74 Å². The fourth-order valence-corrected chi connectivity index (χ4v) is 3.24. The van der Waals surface area contributed by atoms with Crippen molar-refractivity contribution < 1.29 is 4.74 Å². The van der Waals surface area contributed by atoms with Crippen molar-refractivity contribution in [3.63, 3.8) is 0 Å². The summed E-state index contributed by atoms with van der Waals surface area (Å²) in [6.45, 7) is 12.1. The van der Waals surface area contributed by atoms with E-state index < -0.39 is 0 Å². The molecule has 2 rings (SSSR count). The number of guanidine groups is 1. The van der Waals surface area contributed by atoms with Gasteiger partial charge in [0, 0.05) is 44.7 Å². The first kappa shape index (κ1) is 24.2. The van der Waals surface area contributed by atoms with Crippen molar-refractivity contribution >= 4 is 29.9 Å². The van der Waals surface area contributed by atoms with Crippen LogP contribution < -0.4 is 16.0 Å². The molecule has 1 fully saturated rings. The van der Waals surface area contributed by atoms with Crippen molar-refractivity contribution in [1.82, 2.24) is 16.0 Å². The lowest BCUT2D eigenvalue weighted by Crippen LogP contribution is -2.46. The quantitative estimate of drug-likeness (QED) is 0.248. The van der Waals surface area contributed by atoms with Gasteiger partial charge in [0.25, 0.3) is 0 Å². The van der Waals surface area contributed by atoms with E-state index in [1.165, 1.54) is 17.5 Å². The van der Waals surface area contributed by atoms with E-state index in [1.54, 1.807) is 0 Å². The Morgan fingerprint density at radius 3 is 2.48 bits per heavy atom. The maximum atomic E-state index is 6.11. The van der Waals surface area contributed by atoms with Crippen LogP contribution in [0, 0.1) is 12.8 Å². The Kier molecular flexibility index (Phi) is 10.6. The Morgan fingerprint density at radius 1 is 1.15 bits per heavy atom. The smallest absolute Gasteiger partial charge is 0.191 e. The Hall–Kier alpha value is -0.860. The molecule has 1 saturated heterocycles. The van der Waals surface area contributed by atoms with E-state index in [1.807, 2.05) is 7.05 Å². The minimum absolute atomic E-state index is 0. The minimum Gasteiger partial charge on any atom is -0.373 e. The molecule has 1 heterocycles. The molecule has 154 valence electrons. The second-order valence-corrected chi connectivity index (χ2v) is 8.16. The van der Waals surface area contributed by atoms with Gasteiger partial charge in [-0.2, -0.15) is 0 Å². The largest absolute Gasteiger partial charge is 0.373 e. The number of nitrogens with zero attached hydrogens (tertiary/aromatic N) is 1. The Bertz CT molecular complexity index is 569. The number of nitrogens with one attached hydrogen (secondary N) is 3. The normalized spacial score (nSPS) is 20.7. The third-order valence-corrected chi connectivity index (χ3v) is 4.68. The van der Waals surface area contributed by atoms with Gasteiger partial charge in [0.1, 0.15) is 0 Å². The molecular formula is C21H37IN4O. The Balaban J connectivity index is 0.00000364. The number of hydrogen-bond donors (Lipinski definition) is 3. The molecule has 0 aliphatic carbocycles. The number of halogens is 1. The lowest BCUT2D eigenvalue weighted by Gasteiger charge is -2.32. The summed E-state index contributed by atoms with van der Waals surface area (Å²) in [6.07, 6.45) is 2.46. The minimum atomic E-state index is 0. The monoisotopic (exact) mass is 488 g/mol. The van der Waals surface area contributed by atoms with Gasteiger partial charge in [0.05, 0.1) is 6.10 Å². The van der Waals surface area contributed by atoms with Crippen molar-refractivity contribution in [2.45, 2.75) is 52.2 Å². The van der Waals surface area contributed by atoms with Crippen LogP contribution in [-0.4, -0.2) is 44.8 Å². The van der Waals surface area contributed by atoms with Crippen molar-refractivity contribution in [2.75, 3.05) is 33.3 Å². The van der Waals surface area contributed by atoms with Gasteiger partial charge in [-0.3, -0.25) is 4.99 Å². The topological polar surface area (TPSA) is 57.7 Å². The van der Waals surface area contributed by atoms with Gasteiger partial charge in [0.2, 0.25) is 0 Å². The van der Waals surface area contributed by atoms with Crippen LogP contribution in [-0.2, 0) is 4.74 Å². The van der Waals surface area contributed by atoms with Crippen LogP contribution in [0.25, 0.3) is 0 Å². The summed E-state index contributed by atoms with van der Waals surface area (Å²) in [7, 11) is 1.82. The zero-order valence-corrected chi connectivity index (χ0v) is 19.8. The average molecular weight is 488 g/mol. The van der Waals surface area contributed by atoms with Crippen LogP contribution in [0.1, 0.15) is 50.8 Å². The molecule has 3 N–H and O–H groups in total. The highest BCUT2D eigenvalue weighted by Gasteiger charge is 2.27. The molecule has 1 aliphatic heterocycles. The standard InChI is InChI=1S/C21H36N4O.HI/c1-16-8-10-17(11-9-16)19-18(7-6-14-26-19)15-24-20(22-5)23-12-13-25-21(2,3)4;/h8-11,18-19,25H,6-7,12-15H2,1-5H3,(H2,22,23,24);1H. The molecule has 0 bridgehead atoms. The molecule has 2 atom stereocenters. The van der Waals surface area contributed by atoms with Crippen LogP contribution in [0.15, 0.2) is 29.3 Å². The maximum Gasteiger partial charge on any atom is 0.191 e. The number of rotatable bonds is 6. The second kappa shape index (κ2) is 11.9. The van der Waals surface area contributed by atoms with Gasteiger partial charge in [-0.05, 0) is 46.1 Å². The summed E-state index contributed by atoms with van der Waals surface area (Å²) in [5.74, 6) is 1.31. The van der Waals surface area contributed by atoms with E-state index in [2.05, 4.69) is 72.9 Å². The van der Waals surface area contributed by atoms with Crippen molar-refractivity contribution in [2.24, 2.45) is 10.9 Å². The van der Waals surface area contributed by atoms with E-state index in [0.717, 1.165) is 38.6 Å². The van der Waals surface area contributed by atoms with E-state index in [9.17, 15) is 0 Å². The molecule has 0 amide bonds. The molecule has 1 aromatic carbocycles. The lowest BCUT2D eigenvalue weighted by molar-refractivity contribution is -0.0265. The summed E-state index contributed by atoms with van der Waals surface area (Å²) in [6, 6.07) is 8.73. The van der Waals surface area contributed by atoms with Gasteiger partial charge >= 0.3 is 0 Å². The zero-order chi connectivity index (χ0) is 19.0. The summed E-state index contributed by atoms with van der Waals surface area (Å²) in [4.78, 5) is 4.34. The van der Waals surface area contributed by atoms with Crippen LogP contribution in [0.4, 0.5) is 0 Å². The zero-order valence-electron chi connectivity index (χ0n) is 17.5. The van der Waals surface area contributed by atoms with Gasteiger partial charge in [-0.15, -0.1) is 24.0 Å². The van der Waals surface area contributed by atoms with E-state index >= 15 is 0 Å². The average Bonchev–Trinajstić information content (AvgIpc) is 2.61. The number of aliphatic imine (C=N–C) groups is 1. The van der Waals surface area contributed by atoms with Crippen molar-refractivity contribution in [3.8, 4) is 0 Å². The Labute approximate surface area is 182 Å². The first-order valence-electron chi connectivity index (χ1n) is 9.77. The summed E-state index contributed by atoms with van der Waals surface area (Å²) in [5, 5.41) is 10.3. The highest BCUT2D eigenvalue weighted by atomic mass is 127. The summed E-state index contributed by atoms with van der Waals surface area (Å²) in [5.41, 5.74) is 2.70. The molecule has 0 spiro atoms. The second-order valence-electron chi connectivity index (χ2n) is 8.16. The molecular weight excluding hydrogens is 451 g/mol. The maximum absolute atomic E-state index is 6.11. The molecule has 5 nitrogen and oxygen atoms in total. The SMILES string of the molecule is CN=C(NCCNC(C)(C)C)NCC1CCCOC1c1ccc(C)cc1.I. The predicted octanol–water partition coefficient (Wildman–Crippen LogP) is 3.63. The molecule has 0 aromatic heterocycles. The highest BCUT2D eigenvalue weighted by Crippen LogP contribution is 2.33. The first-order chi connectivity index (χ1) is 12.4. The molecule has 1 aliphatic rings. The highest BCUT2D eigenvalue weighted by molar-refractivity contribution is 14.0. The van der Waals surface area contributed by atoms with Crippen LogP contribution >= 0.6 is 24.0 Å². The fourth-order valence-electron chi connectivity index (χ4n) is 3.24. The fraction of sp³-hybridized carbons (Fsp3) is 0.667. The summed E-state index contributed by atoms with van der Waals surface area (Å²) >= 11 is 0. The number of hydrogen-bond acceptors (Lipinski definition) is 3. The molecule has 1 aromatic rings. The van der Waals surface area contributed by atoms with E-state index in [0.29, 0.717) is 5.92 Å². The molecule has 0 radical (unpaired) electrons.